The molecular formula is C15H16N2O2. The number of hydrogen-bond acceptors (Lipinski definition) is 4. The Kier molecular flexibility index (Phi) is 4.35. The molecule has 4 heteroatoms. The minimum Gasteiger partial charge on any atom is -0.468 e. The van der Waals surface area contributed by atoms with Crippen molar-refractivity contribution in [2.75, 3.05) is 6.61 Å². The zero-order valence-electron chi connectivity index (χ0n) is 10.7. The molecule has 19 heavy (non-hydrogen) atoms. The third kappa shape index (κ3) is 3.22. The van der Waals surface area contributed by atoms with Gasteiger partial charge in [0, 0.05) is 6.04 Å². The van der Waals surface area contributed by atoms with Gasteiger partial charge in [0.2, 0.25) is 0 Å². The number of aliphatic hydroxyl groups is 1. The Morgan fingerprint density at radius 1 is 1.32 bits per heavy atom. The molecule has 0 unspecified atom stereocenters. The summed E-state index contributed by atoms with van der Waals surface area (Å²) in [5.41, 5.74) is 1.70. The van der Waals surface area contributed by atoms with E-state index in [9.17, 15) is 5.11 Å². The predicted octanol–water partition coefficient (Wildman–Crippen LogP) is 2.54. The fourth-order valence-electron chi connectivity index (χ4n) is 1.96. The van der Waals surface area contributed by atoms with E-state index in [1.54, 1.807) is 24.5 Å². The molecule has 98 valence electrons. The van der Waals surface area contributed by atoms with E-state index in [4.69, 9.17) is 9.68 Å². The second kappa shape index (κ2) is 6.19. The van der Waals surface area contributed by atoms with E-state index in [2.05, 4.69) is 11.4 Å². The molecule has 0 saturated carbocycles. The van der Waals surface area contributed by atoms with Crippen LogP contribution in [-0.4, -0.2) is 11.7 Å². The van der Waals surface area contributed by atoms with Crippen LogP contribution in [0.15, 0.2) is 47.1 Å². The van der Waals surface area contributed by atoms with Gasteiger partial charge in [-0.05, 0) is 36.8 Å². The van der Waals surface area contributed by atoms with Crippen molar-refractivity contribution in [1.29, 1.82) is 5.26 Å². The van der Waals surface area contributed by atoms with Crippen LogP contribution in [0.1, 0.15) is 35.9 Å². The fourth-order valence-corrected chi connectivity index (χ4v) is 1.96. The lowest BCUT2D eigenvalue weighted by molar-refractivity contribution is 0.217. The van der Waals surface area contributed by atoms with Crippen molar-refractivity contribution in [1.82, 2.24) is 5.32 Å². The van der Waals surface area contributed by atoms with E-state index in [0.717, 1.165) is 5.56 Å². The number of aliphatic hydroxyl groups excluding tert-OH is 1. The van der Waals surface area contributed by atoms with Crippen molar-refractivity contribution < 1.29 is 9.52 Å². The molecule has 0 saturated heterocycles. The summed E-state index contributed by atoms with van der Waals surface area (Å²) in [7, 11) is 0. The number of nitrogens with zero attached hydrogens (tertiary/aromatic N) is 1. The van der Waals surface area contributed by atoms with Gasteiger partial charge in [-0.1, -0.05) is 12.1 Å². The summed E-state index contributed by atoms with van der Waals surface area (Å²) in [6.45, 7) is 1.97. The molecule has 2 N–H and O–H groups in total. The molecule has 0 aliphatic rings. The van der Waals surface area contributed by atoms with Crippen molar-refractivity contribution in [3.05, 3.63) is 59.5 Å². The lowest BCUT2D eigenvalue weighted by Crippen LogP contribution is -2.27. The van der Waals surface area contributed by atoms with Crippen LogP contribution in [0.5, 0.6) is 0 Å². The highest BCUT2D eigenvalue weighted by Gasteiger charge is 2.16. The molecule has 0 aliphatic carbocycles. The lowest BCUT2D eigenvalue weighted by atomic mass is 10.1. The van der Waals surface area contributed by atoms with Crippen molar-refractivity contribution in [3.63, 3.8) is 0 Å². The Labute approximate surface area is 112 Å². The molecule has 2 rings (SSSR count). The number of nitrogens with one attached hydrogen (secondary N) is 1. The van der Waals surface area contributed by atoms with Crippen LogP contribution >= 0.6 is 0 Å². The second-order valence-corrected chi connectivity index (χ2v) is 4.37. The van der Waals surface area contributed by atoms with E-state index in [-0.39, 0.29) is 18.7 Å². The summed E-state index contributed by atoms with van der Waals surface area (Å²) in [5.74, 6) is 0.711. The minimum absolute atomic E-state index is 0.0336. The molecule has 2 aromatic rings. The highest BCUT2D eigenvalue weighted by molar-refractivity contribution is 5.32. The Morgan fingerprint density at radius 3 is 2.58 bits per heavy atom. The van der Waals surface area contributed by atoms with E-state index in [1.165, 1.54) is 0 Å². The monoisotopic (exact) mass is 256 g/mol. The Balaban J connectivity index is 2.07. The van der Waals surface area contributed by atoms with E-state index in [0.29, 0.717) is 11.3 Å². The average Bonchev–Trinajstić information content (AvgIpc) is 2.98. The zero-order chi connectivity index (χ0) is 13.7. The number of furan rings is 1. The van der Waals surface area contributed by atoms with Crippen LogP contribution in [0.3, 0.4) is 0 Å². The normalized spacial score (nSPS) is 13.7. The molecule has 0 fully saturated rings. The molecule has 0 amide bonds. The first-order chi connectivity index (χ1) is 9.24. The van der Waals surface area contributed by atoms with Gasteiger partial charge in [0.1, 0.15) is 5.76 Å². The zero-order valence-corrected chi connectivity index (χ0v) is 10.7. The van der Waals surface area contributed by atoms with Gasteiger partial charge in [0.05, 0.1) is 30.5 Å². The SMILES string of the molecule is C[C@@H](N[C@@H](CO)c1ccco1)c1ccc(C#N)cc1. The standard InChI is InChI=1S/C15H16N2O2/c1-11(13-6-4-12(9-16)5-7-13)17-14(10-18)15-3-2-8-19-15/h2-8,11,14,17-18H,10H2,1H3/t11-,14+/m1/s1. The number of benzene rings is 1. The van der Waals surface area contributed by atoms with Crippen LogP contribution in [0.2, 0.25) is 0 Å². The highest BCUT2D eigenvalue weighted by Crippen LogP contribution is 2.20. The summed E-state index contributed by atoms with van der Waals surface area (Å²) in [4.78, 5) is 0. The van der Waals surface area contributed by atoms with Gasteiger partial charge in [-0.25, -0.2) is 0 Å². The molecule has 0 aliphatic heterocycles. The van der Waals surface area contributed by atoms with Crippen molar-refractivity contribution in [2.24, 2.45) is 0 Å². The van der Waals surface area contributed by atoms with Crippen LogP contribution < -0.4 is 5.32 Å². The highest BCUT2D eigenvalue weighted by atomic mass is 16.3. The Bertz CT molecular complexity index is 541. The number of rotatable bonds is 5. The second-order valence-electron chi connectivity index (χ2n) is 4.37. The maximum atomic E-state index is 9.41. The molecule has 1 aromatic carbocycles. The minimum atomic E-state index is -0.236. The van der Waals surface area contributed by atoms with Gasteiger partial charge in [0.15, 0.2) is 0 Å². The van der Waals surface area contributed by atoms with Crippen LogP contribution in [-0.2, 0) is 0 Å². The summed E-state index contributed by atoms with van der Waals surface area (Å²) in [6, 6.07) is 12.9. The predicted molar refractivity (Wildman–Crippen MR) is 71.2 cm³/mol. The largest absolute Gasteiger partial charge is 0.468 e. The van der Waals surface area contributed by atoms with Crippen molar-refractivity contribution >= 4 is 0 Å². The number of nitriles is 1. The van der Waals surface area contributed by atoms with E-state index >= 15 is 0 Å². The summed E-state index contributed by atoms with van der Waals surface area (Å²) >= 11 is 0. The fraction of sp³-hybridized carbons (Fsp3) is 0.267. The van der Waals surface area contributed by atoms with E-state index in [1.807, 2.05) is 25.1 Å². The van der Waals surface area contributed by atoms with E-state index < -0.39 is 0 Å². The third-order valence-electron chi connectivity index (χ3n) is 3.06. The molecule has 0 spiro atoms. The molecule has 2 atom stereocenters. The molecule has 1 aromatic heterocycles. The smallest absolute Gasteiger partial charge is 0.123 e. The van der Waals surface area contributed by atoms with Crippen molar-refractivity contribution in [3.8, 4) is 6.07 Å². The summed E-state index contributed by atoms with van der Waals surface area (Å²) < 4.78 is 5.29. The lowest BCUT2D eigenvalue weighted by Gasteiger charge is -2.20. The van der Waals surface area contributed by atoms with Crippen molar-refractivity contribution in [2.45, 2.75) is 19.0 Å². The van der Waals surface area contributed by atoms with Gasteiger partial charge in [-0.3, -0.25) is 5.32 Å². The van der Waals surface area contributed by atoms with Gasteiger partial charge >= 0.3 is 0 Å². The summed E-state index contributed by atoms with van der Waals surface area (Å²) in [5, 5.41) is 21.5. The van der Waals surface area contributed by atoms with Crippen LogP contribution in [0.25, 0.3) is 0 Å². The van der Waals surface area contributed by atoms with Gasteiger partial charge < -0.3 is 9.52 Å². The van der Waals surface area contributed by atoms with Gasteiger partial charge in [-0.15, -0.1) is 0 Å². The average molecular weight is 256 g/mol. The number of hydrogen-bond donors (Lipinski definition) is 2. The maximum absolute atomic E-state index is 9.41. The van der Waals surface area contributed by atoms with Crippen LogP contribution in [0, 0.1) is 11.3 Å². The van der Waals surface area contributed by atoms with Crippen LogP contribution in [0.4, 0.5) is 0 Å². The topological polar surface area (TPSA) is 69.2 Å². The summed E-state index contributed by atoms with van der Waals surface area (Å²) in [6.07, 6.45) is 1.59. The third-order valence-corrected chi connectivity index (χ3v) is 3.06. The molecular weight excluding hydrogens is 240 g/mol. The first kappa shape index (κ1) is 13.3. The first-order valence-corrected chi connectivity index (χ1v) is 6.15. The maximum Gasteiger partial charge on any atom is 0.123 e. The quantitative estimate of drug-likeness (QED) is 0.862. The molecule has 0 radical (unpaired) electrons. The molecule has 0 bridgehead atoms. The first-order valence-electron chi connectivity index (χ1n) is 6.15. The van der Waals surface area contributed by atoms with Gasteiger partial charge in [0.25, 0.3) is 0 Å². The van der Waals surface area contributed by atoms with Gasteiger partial charge in [-0.2, -0.15) is 5.26 Å². The Hall–Kier alpha value is -2.09. The molecule has 4 nitrogen and oxygen atoms in total. The molecule has 1 heterocycles. The Morgan fingerprint density at radius 2 is 2.05 bits per heavy atom.